The van der Waals surface area contributed by atoms with E-state index in [9.17, 15) is 4.79 Å². The Morgan fingerprint density at radius 1 is 1.28 bits per heavy atom. The Labute approximate surface area is 148 Å². The number of hydrogen-bond donors (Lipinski definition) is 1. The number of likely N-dealkylation sites (tertiary alicyclic amines) is 1. The number of hydrogen-bond acceptors (Lipinski definition) is 5. The Kier molecular flexibility index (Phi) is 5.10. The third kappa shape index (κ3) is 3.91. The maximum Gasteiger partial charge on any atom is 0.249 e. The molecule has 3 saturated heterocycles. The van der Waals surface area contributed by atoms with Crippen LogP contribution in [0.2, 0.25) is 0 Å². The number of furan rings is 1. The van der Waals surface area contributed by atoms with Gasteiger partial charge in [-0.3, -0.25) is 9.69 Å². The van der Waals surface area contributed by atoms with E-state index in [1.54, 1.807) is 0 Å². The van der Waals surface area contributed by atoms with Gasteiger partial charge in [-0.25, -0.2) is 0 Å². The molecule has 0 radical (unpaired) electrons. The molecule has 138 valence electrons. The van der Waals surface area contributed by atoms with Crippen LogP contribution in [0.15, 0.2) is 16.5 Å². The molecule has 3 aliphatic heterocycles. The molecule has 1 aromatic heterocycles. The van der Waals surface area contributed by atoms with E-state index in [0.29, 0.717) is 12.0 Å². The minimum Gasteiger partial charge on any atom is -0.465 e. The van der Waals surface area contributed by atoms with Crippen molar-refractivity contribution in [2.45, 2.75) is 57.4 Å². The summed E-state index contributed by atoms with van der Waals surface area (Å²) in [5, 5.41) is 3.09. The van der Waals surface area contributed by atoms with Crippen molar-refractivity contribution in [2.24, 2.45) is 5.92 Å². The molecule has 3 aliphatic rings. The van der Waals surface area contributed by atoms with Crippen LogP contribution >= 0.6 is 0 Å². The van der Waals surface area contributed by atoms with E-state index in [1.807, 2.05) is 19.1 Å². The Morgan fingerprint density at radius 3 is 2.88 bits per heavy atom. The van der Waals surface area contributed by atoms with Crippen LogP contribution in [0.25, 0.3) is 0 Å². The number of aryl methyl sites for hydroxylation is 1. The summed E-state index contributed by atoms with van der Waals surface area (Å²) in [5.41, 5.74) is 0. The zero-order chi connectivity index (χ0) is 17.2. The standard InChI is InChI=1S/C19H28N2O4/c1-13-2-3-15(24-13)12-21-7-4-17-16(21)10-18(25-17)19(22)20-11-14-5-8-23-9-6-14/h2-3,14,16-18H,4-12H2,1H3,(H,20,22)/t16-,17-,18+/m0/s1. The Morgan fingerprint density at radius 2 is 2.12 bits per heavy atom. The Balaban J connectivity index is 1.27. The minimum atomic E-state index is -0.309. The largest absolute Gasteiger partial charge is 0.465 e. The fourth-order valence-corrected chi connectivity index (χ4v) is 4.28. The van der Waals surface area contributed by atoms with Gasteiger partial charge in [0.25, 0.3) is 0 Å². The molecule has 0 aromatic carbocycles. The molecule has 6 nitrogen and oxygen atoms in total. The number of ether oxygens (including phenoxy) is 2. The molecule has 6 heteroatoms. The van der Waals surface area contributed by atoms with Crippen LogP contribution in [0.1, 0.15) is 37.2 Å². The van der Waals surface area contributed by atoms with Crippen LogP contribution in [-0.2, 0) is 20.8 Å². The lowest BCUT2D eigenvalue weighted by Gasteiger charge is -2.23. The normalized spacial score (nSPS) is 30.5. The first-order valence-corrected chi connectivity index (χ1v) is 9.49. The first-order chi connectivity index (χ1) is 12.2. The van der Waals surface area contributed by atoms with Gasteiger partial charge in [-0.2, -0.15) is 0 Å². The molecule has 0 aliphatic carbocycles. The monoisotopic (exact) mass is 348 g/mol. The summed E-state index contributed by atoms with van der Waals surface area (Å²) >= 11 is 0. The average molecular weight is 348 g/mol. The van der Waals surface area contributed by atoms with Gasteiger partial charge < -0.3 is 19.2 Å². The van der Waals surface area contributed by atoms with Gasteiger partial charge >= 0.3 is 0 Å². The molecule has 3 atom stereocenters. The van der Waals surface area contributed by atoms with Crippen LogP contribution < -0.4 is 5.32 Å². The third-order valence-corrected chi connectivity index (χ3v) is 5.75. The molecule has 4 heterocycles. The van der Waals surface area contributed by atoms with Crippen molar-refractivity contribution >= 4 is 5.91 Å². The van der Waals surface area contributed by atoms with E-state index < -0.39 is 0 Å². The molecule has 1 N–H and O–H groups in total. The molecule has 1 amide bonds. The van der Waals surface area contributed by atoms with Gasteiger partial charge in [-0.05, 0) is 44.2 Å². The zero-order valence-corrected chi connectivity index (χ0v) is 14.9. The van der Waals surface area contributed by atoms with Gasteiger partial charge in [-0.15, -0.1) is 0 Å². The van der Waals surface area contributed by atoms with Gasteiger partial charge in [0.1, 0.15) is 17.6 Å². The van der Waals surface area contributed by atoms with Gasteiger partial charge in [0.15, 0.2) is 0 Å². The summed E-state index contributed by atoms with van der Waals surface area (Å²) in [4.78, 5) is 14.9. The van der Waals surface area contributed by atoms with Gasteiger partial charge in [0.05, 0.1) is 12.6 Å². The summed E-state index contributed by atoms with van der Waals surface area (Å²) in [6.07, 6.45) is 3.71. The van der Waals surface area contributed by atoms with Crippen LogP contribution in [0, 0.1) is 12.8 Å². The number of fused-ring (bicyclic) bond motifs is 1. The summed E-state index contributed by atoms with van der Waals surface area (Å²) in [6, 6.07) is 4.36. The highest BCUT2D eigenvalue weighted by molar-refractivity contribution is 5.81. The second-order valence-corrected chi connectivity index (χ2v) is 7.54. The van der Waals surface area contributed by atoms with Gasteiger partial charge in [0, 0.05) is 38.8 Å². The van der Waals surface area contributed by atoms with E-state index in [4.69, 9.17) is 13.9 Å². The Hall–Kier alpha value is -1.37. The maximum atomic E-state index is 12.5. The van der Waals surface area contributed by atoms with Crippen molar-refractivity contribution in [3.63, 3.8) is 0 Å². The summed E-state index contributed by atoms with van der Waals surface area (Å²) in [5.74, 6) is 2.52. The highest BCUT2D eigenvalue weighted by atomic mass is 16.5. The quantitative estimate of drug-likeness (QED) is 0.880. The van der Waals surface area contributed by atoms with Gasteiger partial charge in [-0.1, -0.05) is 0 Å². The average Bonchev–Trinajstić information content (AvgIpc) is 3.31. The summed E-state index contributed by atoms with van der Waals surface area (Å²) in [7, 11) is 0. The number of rotatable bonds is 5. The number of carbonyl (C=O) groups excluding carboxylic acids is 1. The van der Waals surface area contributed by atoms with E-state index >= 15 is 0 Å². The molecule has 0 spiro atoms. The topological polar surface area (TPSA) is 63.9 Å². The first-order valence-electron chi connectivity index (χ1n) is 9.49. The van der Waals surface area contributed by atoms with Crippen LogP contribution in [0.4, 0.5) is 0 Å². The van der Waals surface area contributed by atoms with Crippen molar-refractivity contribution < 1.29 is 18.7 Å². The predicted octanol–water partition coefficient (Wildman–Crippen LogP) is 1.86. The van der Waals surface area contributed by atoms with Crippen molar-refractivity contribution in [3.05, 3.63) is 23.7 Å². The summed E-state index contributed by atoms with van der Waals surface area (Å²) in [6.45, 7) is 6.14. The van der Waals surface area contributed by atoms with E-state index in [-0.39, 0.29) is 18.1 Å². The lowest BCUT2D eigenvalue weighted by molar-refractivity contribution is -0.132. The van der Waals surface area contributed by atoms with E-state index in [1.165, 1.54) is 0 Å². The SMILES string of the molecule is Cc1ccc(CN2CC[C@@H]3O[C@@H](C(=O)NCC4CCOCC4)C[C@@H]32)o1. The molecular formula is C19H28N2O4. The summed E-state index contributed by atoms with van der Waals surface area (Å²) < 4.78 is 17.1. The van der Waals surface area contributed by atoms with Crippen LogP contribution in [-0.4, -0.2) is 55.4 Å². The van der Waals surface area contributed by atoms with E-state index in [2.05, 4.69) is 10.2 Å². The number of carbonyl (C=O) groups is 1. The second kappa shape index (κ2) is 7.48. The maximum absolute atomic E-state index is 12.5. The van der Waals surface area contributed by atoms with Crippen molar-refractivity contribution in [3.8, 4) is 0 Å². The molecule has 1 aromatic rings. The second-order valence-electron chi connectivity index (χ2n) is 7.54. The molecule has 25 heavy (non-hydrogen) atoms. The molecular weight excluding hydrogens is 320 g/mol. The Bertz CT molecular complexity index is 596. The predicted molar refractivity (Wildman–Crippen MR) is 92.1 cm³/mol. The molecule has 4 rings (SSSR count). The van der Waals surface area contributed by atoms with Crippen LogP contribution in [0.5, 0.6) is 0 Å². The zero-order valence-electron chi connectivity index (χ0n) is 14.9. The fourth-order valence-electron chi connectivity index (χ4n) is 4.28. The van der Waals surface area contributed by atoms with Crippen LogP contribution in [0.3, 0.4) is 0 Å². The van der Waals surface area contributed by atoms with Gasteiger partial charge in [0.2, 0.25) is 5.91 Å². The first kappa shape index (κ1) is 17.1. The molecule has 0 bridgehead atoms. The molecule has 3 fully saturated rings. The van der Waals surface area contributed by atoms with Crippen molar-refractivity contribution in [1.29, 1.82) is 0 Å². The van der Waals surface area contributed by atoms with E-state index in [0.717, 1.165) is 70.1 Å². The minimum absolute atomic E-state index is 0.0506. The third-order valence-electron chi connectivity index (χ3n) is 5.75. The molecule has 0 unspecified atom stereocenters. The smallest absolute Gasteiger partial charge is 0.249 e. The van der Waals surface area contributed by atoms with Crippen molar-refractivity contribution in [1.82, 2.24) is 10.2 Å². The highest BCUT2D eigenvalue weighted by Crippen LogP contribution is 2.34. The highest BCUT2D eigenvalue weighted by Gasteiger charge is 2.45. The lowest BCUT2D eigenvalue weighted by atomic mass is 10.0. The molecule has 0 saturated carbocycles. The lowest BCUT2D eigenvalue weighted by Crippen LogP contribution is -2.39. The fraction of sp³-hybridized carbons (Fsp3) is 0.737. The van der Waals surface area contributed by atoms with Crippen molar-refractivity contribution in [2.75, 3.05) is 26.3 Å². The number of amides is 1. The number of nitrogens with zero attached hydrogens (tertiary/aromatic N) is 1. The number of nitrogens with one attached hydrogen (secondary N) is 1.